The molecule has 0 aliphatic heterocycles. The summed E-state index contributed by atoms with van der Waals surface area (Å²) < 4.78 is 30.5. The van der Waals surface area contributed by atoms with Crippen LogP contribution < -0.4 is 0 Å². The van der Waals surface area contributed by atoms with E-state index in [2.05, 4.69) is 21.2 Å². The van der Waals surface area contributed by atoms with Crippen molar-refractivity contribution in [3.8, 4) is 11.8 Å². The van der Waals surface area contributed by atoms with Crippen LogP contribution in [0, 0.1) is 17.7 Å². The van der Waals surface area contributed by atoms with Crippen LogP contribution in [0.3, 0.4) is 0 Å². The van der Waals surface area contributed by atoms with E-state index in [-0.39, 0.29) is 5.69 Å². The molecular formula is C21H15FN2O3S. The van der Waals surface area contributed by atoms with Crippen molar-refractivity contribution in [2.45, 2.75) is 4.90 Å². The van der Waals surface area contributed by atoms with Crippen molar-refractivity contribution in [2.75, 3.05) is 6.26 Å². The van der Waals surface area contributed by atoms with Gasteiger partial charge in [-0.15, -0.1) is 0 Å². The molecule has 1 heterocycles. The second kappa shape index (κ2) is 8.03. The lowest BCUT2D eigenvalue weighted by atomic mass is 10.1. The lowest BCUT2D eigenvalue weighted by Crippen LogP contribution is -1.99. The van der Waals surface area contributed by atoms with E-state index in [0.29, 0.717) is 21.7 Å². The molecule has 7 heteroatoms. The van der Waals surface area contributed by atoms with Gasteiger partial charge in [-0.2, -0.15) is 4.36 Å². The molecule has 0 saturated carbocycles. The number of carboxylic acid groups (broad SMARTS) is 1. The average Bonchev–Trinajstić information content (AvgIpc) is 2.68. The van der Waals surface area contributed by atoms with Gasteiger partial charge in [-0.05, 0) is 48.5 Å². The highest BCUT2D eigenvalue weighted by Crippen LogP contribution is 2.23. The fraction of sp³-hybridized carbons (Fsp3) is 0.0476. The van der Waals surface area contributed by atoms with Gasteiger partial charge in [0.1, 0.15) is 11.5 Å². The Labute approximate surface area is 162 Å². The standard InChI is InChI=1S/C21H15FN2O3S/c1-28(27,18-11-9-17(22)10-12-18)24-19-5-3-2-4-16(19)8-6-15-7-13-20(21(25)26)23-14-15/h2-5,7,9-14H,1H3,(H,25,26). The Morgan fingerprint density at radius 1 is 1.07 bits per heavy atom. The summed E-state index contributed by atoms with van der Waals surface area (Å²) in [5.74, 6) is 4.32. The molecule has 0 saturated heterocycles. The zero-order valence-electron chi connectivity index (χ0n) is 14.8. The van der Waals surface area contributed by atoms with Crippen LogP contribution in [0.5, 0.6) is 0 Å². The summed E-state index contributed by atoms with van der Waals surface area (Å²) in [4.78, 5) is 15.1. The van der Waals surface area contributed by atoms with Gasteiger partial charge in [0.15, 0.2) is 0 Å². The third kappa shape index (κ3) is 4.61. The number of hydrogen-bond acceptors (Lipinski definition) is 4. The van der Waals surface area contributed by atoms with Gasteiger partial charge in [-0.1, -0.05) is 24.0 Å². The molecule has 0 amide bonds. The first-order valence-corrected chi connectivity index (χ1v) is 10.1. The maximum absolute atomic E-state index is 13.1. The van der Waals surface area contributed by atoms with Crippen LogP contribution in [-0.2, 0) is 9.73 Å². The highest BCUT2D eigenvalue weighted by Gasteiger charge is 2.08. The maximum Gasteiger partial charge on any atom is 0.354 e. The van der Waals surface area contributed by atoms with E-state index in [0.717, 1.165) is 0 Å². The molecule has 2 aromatic carbocycles. The van der Waals surface area contributed by atoms with Crippen molar-refractivity contribution >= 4 is 21.4 Å². The number of aromatic carboxylic acids is 1. The van der Waals surface area contributed by atoms with Crippen LogP contribution >= 0.6 is 0 Å². The Kier molecular flexibility index (Phi) is 5.52. The first-order chi connectivity index (χ1) is 13.3. The number of nitrogens with zero attached hydrogens (tertiary/aromatic N) is 2. The Morgan fingerprint density at radius 3 is 2.43 bits per heavy atom. The van der Waals surface area contributed by atoms with Crippen molar-refractivity contribution in [1.82, 2.24) is 4.98 Å². The number of hydrogen-bond donors (Lipinski definition) is 1. The zero-order valence-corrected chi connectivity index (χ0v) is 15.6. The zero-order chi connectivity index (χ0) is 20.1. The number of carbonyl (C=O) groups is 1. The van der Waals surface area contributed by atoms with Crippen LogP contribution in [0.1, 0.15) is 21.6 Å². The summed E-state index contributed by atoms with van der Waals surface area (Å²) in [6, 6.07) is 15.3. The molecule has 0 aliphatic carbocycles. The Morgan fingerprint density at radius 2 is 1.79 bits per heavy atom. The number of halogens is 1. The highest BCUT2D eigenvalue weighted by molar-refractivity contribution is 7.93. The molecule has 3 aromatic rings. The van der Waals surface area contributed by atoms with E-state index in [9.17, 15) is 13.4 Å². The molecule has 140 valence electrons. The minimum absolute atomic E-state index is 0.0639. The minimum Gasteiger partial charge on any atom is -0.477 e. The smallest absolute Gasteiger partial charge is 0.354 e. The van der Waals surface area contributed by atoms with Crippen LogP contribution in [0.2, 0.25) is 0 Å². The van der Waals surface area contributed by atoms with E-state index in [1.165, 1.54) is 42.8 Å². The summed E-state index contributed by atoms with van der Waals surface area (Å²) in [7, 11) is -2.79. The van der Waals surface area contributed by atoms with Crippen LogP contribution in [-0.4, -0.2) is 26.5 Å². The topological polar surface area (TPSA) is 79.6 Å². The Balaban J connectivity index is 1.97. The predicted octanol–water partition coefficient (Wildman–Crippen LogP) is 4.11. The molecule has 1 unspecified atom stereocenters. The van der Waals surface area contributed by atoms with Gasteiger partial charge in [0.25, 0.3) is 0 Å². The van der Waals surface area contributed by atoms with Crippen LogP contribution in [0.15, 0.2) is 76.1 Å². The predicted molar refractivity (Wildman–Crippen MR) is 104 cm³/mol. The second-order valence-corrected chi connectivity index (χ2v) is 8.11. The van der Waals surface area contributed by atoms with E-state index >= 15 is 0 Å². The van der Waals surface area contributed by atoms with Crippen LogP contribution in [0.4, 0.5) is 10.1 Å². The molecule has 5 nitrogen and oxygen atoms in total. The van der Waals surface area contributed by atoms with Gasteiger partial charge >= 0.3 is 5.97 Å². The molecule has 3 rings (SSSR count). The quantitative estimate of drug-likeness (QED) is 0.678. The molecule has 0 aliphatic rings. The fourth-order valence-corrected chi connectivity index (χ4v) is 3.60. The lowest BCUT2D eigenvalue weighted by molar-refractivity contribution is 0.0690. The number of aromatic nitrogens is 1. The van der Waals surface area contributed by atoms with E-state index in [1.54, 1.807) is 30.3 Å². The molecule has 0 spiro atoms. The van der Waals surface area contributed by atoms with Gasteiger partial charge in [-0.3, -0.25) is 0 Å². The molecule has 0 bridgehead atoms. The Hall–Kier alpha value is -3.50. The summed E-state index contributed by atoms with van der Waals surface area (Å²) in [6.07, 6.45) is 2.86. The molecule has 28 heavy (non-hydrogen) atoms. The van der Waals surface area contributed by atoms with Crippen molar-refractivity contribution in [2.24, 2.45) is 4.36 Å². The normalized spacial score (nSPS) is 12.4. The highest BCUT2D eigenvalue weighted by atomic mass is 32.2. The second-order valence-electron chi connectivity index (χ2n) is 5.85. The van der Waals surface area contributed by atoms with E-state index < -0.39 is 21.5 Å². The molecular weight excluding hydrogens is 379 g/mol. The monoisotopic (exact) mass is 394 g/mol. The van der Waals surface area contributed by atoms with Crippen molar-refractivity contribution in [3.63, 3.8) is 0 Å². The molecule has 1 aromatic heterocycles. The molecule has 0 radical (unpaired) electrons. The fourth-order valence-electron chi connectivity index (χ4n) is 2.32. The third-order valence-electron chi connectivity index (χ3n) is 3.75. The van der Waals surface area contributed by atoms with E-state index in [4.69, 9.17) is 5.11 Å². The number of pyridine rings is 1. The number of carboxylic acids is 1. The van der Waals surface area contributed by atoms with Gasteiger partial charge in [0.05, 0.1) is 21.0 Å². The van der Waals surface area contributed by atoms with Crippen molar-refractivity contribution in [3.05, 3.63) is 89.5 Å². The van der Waals surface area contributed by atoms with Crippen LogP contribution in [0.25, 0.3) is 0 Å². The lowest BCUT2D eigenvalue weighted by Gasteiger charge is -2.06. The van der Waals surface area contributed by atoms with Gasteiger partial charge in [0, 0.05) is 22.9 Å². The summed E-state index contributed by atoms with van der Waals surface area (Å²) in [6.45, 7) is 0. The summed E-state index contributed by atoms with van der Waals surface area (Å²) in [5.41, 5.74) is 1.48. The van der Waals surface area contributed by atoms with Crippen molar-refractivity contribution < 1.29 is 18.5 Å². The first-order valence-electron chi connectivity index (χ1n) is 8.13. The molecule has 1 N–H and O–H groups in total. The number of benzene rings is 2. The van der Waals surface area contributed by atoms with Crippen molar-refractivity contribution in [1.29, 1.82) is 0 Å². The average molecular weight is 394 g/mol. The number of rotatable bonds is 3. The Bertz CT molecular complexity index is 1200. The van der Waals surface area contributed by atoms with Gasteiger partial charge in [-0.25, -0.2) is 18.4 Å². The maximum atomic E-state index is 13.1. The third-order valence-corrected chi connectivity index (χ3v) is 5.44. The largest absolute Gasteiger partial charge is 0.477 e. The molecule has 0 fully saturated rings. The minimum atomic E-state index is -2.79. The first kappa shape index (κ1) is 19.3. The van der Waals surface area contributed by atoms with Gasteiger partial charge in [0.2, 0.25) is 0 Å². The summed E-state index contributed by atoms with van der Waals surface area (Å²) >= 11 is 0. The van der Waals surface area contributed by atoms with Gasteiger partial charge < -0.3 is 5.11 Å². The van der Waals surface area contributed by atoms with E-state index in [1.807, 2.05) is 0 Å². The molecule has 1 atom stereocenters. The SMILES string of the molecule is CS(=O)(=Nc1ccccc1C#Cc1ccc(C(=O)O)nc1)c1ccc(F)cc1. The summed E-state index contributed by atoms with van der Waals surface area (Å²) in [5, 5.41) is 8.88.